The smallest absolute Gasteiger partial charge is 0.220 e. The Bertz CT molecular complexity index is 488. The zero-order valence-electron chi connectivity index (χ0n) is 13.3. The number of rotatable bonds is 6. The van der Waals surface area contributed by atoms with Gasteiger partial charge in [-0.2, -0.15) is 0 Å². The third kappa shape index (κ3) is 4.01. The fraction of sp³-hybridized carbons (Fsp3) is 0.611. The lowest BCUT2D eigenvalue weighted by Gasteiger charge is -2.29. The van der Waals surface area contributed by atoms with Crippen LogP contribution in [-0.2, 0) is 11.2 Å². The number of carbonyl (C=O) groups excluding carboxylic acids is 1. The second-order valence-electron chi connectivity index (χ2n) is 6.58. The number of piperidine rings is 1. The molecule has 3 rings (SSSR count). The highest BCUT2D eigenvalue weighted by Crippen LogP contribution is 2.26. The van der Waals surface area contributed by atoms with Gasteiger partial charge in [0.15, 0.2) is 0 Å². The van der Waals surface area contributed by atoms with Gasteiger partial charge in [0.05, 0.1) is 7.11 Å². The van der Waals surface area contributed by atoms with Crippen molar-refractivity contribution in [1.29, 1.82) is 0 Å². The summed E-state index contributed by atoms with van der Waals surface area (Å²) in [5.41, 5.74) is 1.26. The van der Waals surface area contributed by atoms with Gasteiger partial charge in [-0.05, 0) is 56.2 Å². The van der Waals surface area contributed by atoms with Gasteiger partial charge >= 0.3 is 0 Å². The molecule has 0 aromatic heterocycles. The van der Waals surface area contributed by atoms with Gasteiger partial charge in [0.2, 0.25) is 5.91 Å². The van der Waals surface area contributed by atoms with Crippen LogP contribution in [0.2, 0.25) is 0 Å². The van der Waals surface area contributed by atoms with Crippen LogP contribution in [0.15, 0.2) is 24.3 Å². The average Bonchev–Trinajstić information content (AvgIpc) is 2.87. The van der Waals surface area contributed by atoms with Crippen molar-refractivity contribution >= 4 is 5.91 Å². The Morgan fingerprint density at radius 2 is 1.91 bits per heavy atom. The maximum Gasteiger partial charge on any atom is 0.220 e. The number of hydrogen-bond acceptors (Lipinski definition) is 3. The van der Waals surface area contributed by atoms with Crippen LogP contribution in [0, 0.1) is 0 Å². The molecule has 120 valence electrons. The van der Waals surface area contributed by atoms with Crippen molar-refractivity contribution in [1.82, 2.24) is 10.6 Å². The van der Waals surface area contributed by atoms with Crippen molar-refractivity contribution < 1.29 is 9.53 Å². The predicted octanol–water partition coefficient (Wildman–Crippen LogP) is 2.42. The van der Waals surface area contributed by atoms with Crippen molar-refractivity contribution in [3.8, 4) is 5.75 Å². The number of methoxy groups -OCH3 is 1. The molecule has 2 atom stereocenters. The number of hydrogen-bond donors (Lipinski definition) is 2. The van der Waals surface area contributed by atoms with E-state index in [9.17, 15) is 4.79 Å². The maximum atomic E-state index is 12.1. The van der Waals surface area contributed by atoms with Crippen molar-refractivity contribution in [2.75, 3.05) is 7.11 Å². The first kappa shape index (κ1) is 15.3. The Hall–Kier alpha value is -1.55. The molecule has 2 bridgehead atoms. The van der Waals surface area contributed by atoms with Crippen LogP contribution in [0.3, 0.4) is 0 Å². The highest BCUT2D eigenvalue weighted by molar-refractivity contribution is 5.76. The minimum absolute atomic E-state index is 0.208. The Kier molecular flexibility index (Phi) is 4.98. The van der Waals surface area contributed by atoms with Gasteiger partial charge in [-0.3, -0.25) is 4.79 Å². The molecule has 1 aromatic carbocycles. The number of amides is 1. The van der Waals surface area contributed by atoms with E-state index in [1.54, 1.807) is 7.11 Å². The third-order valence-electron chi connectivity index (χ3n) is 4.87. The summed E-state index contributed by atoms with van der Waals surface area (Å²) >= 11 is 0. The van der Waals surface area contributed by atoms with E-state index < -0.39 is 0 Å². The van der Waals surface area contributed by atoms with E-state index in [0.717, 1.165) is 31.4 Å². The summed E-state index contributed by atoms with van der Waals surface area (Å²) in [6.07, 6.45) is 7.20. The molecule has 2 heterocycles. The highest BCUT2D eigenvalue weighted by Gasteiger charge is 2.33. The molecular weight excluding hydrogens is 276 g/mol. The van der Waals surface area contributed by atoms with Gasteiger partial charge in [-0.25, -0.2) is 0 Å². The van der Waals surface area contributed by atoms with E-state index in [0.29, 0.717) is 24.5 Å². The van der Waals surface area contributed by atoms with Crippen LogP contribution in [0.4, 0.5) is 0 Å². The molecule has 1 amide bonds. The van der Waals surface area contributed by atoms with Gasteiger partial charge < -0.3 is 15.4 Å². The topological polar surface area (TPSA) is 50.4 Å². The quantitative estimate of drug-likeness (QED) is 0.848. The van der Waals surface area contributed by atoms with Crippen molar-refractivity contribution in [3.05, 3.63) is 29.8 Å². The molecule has 22 heavy (non-hydrogen) atoms. The van der Waals surface area contributed by atoms with Crippen LogP contribution >= 0.6 is 0 Å². The van der Waals surface area contributed by atoms with Gasteiger partial charge in [-0.1, -0.05) is 12.1 Å². The first-order valence-corrected chi connectivity index (χ1v) is 8.41. The number of ether oxygens (including phenoxy) is 1. The van der Waals surface area contributed by atoms with Gasteiger partial charge in [0, 0.05) is 24.5 Å². The van der Waals surface area contributed by atoms with E-state index >= 15 is 0 Å². The maximum absolute atomic E-state index is 12.1. The summed E-state index contributed by atoms with van der Waals surface area (Å²) in [5.74, 6) is 1.09. The second-order valence-corrected chi connectivity index (χ2v) is 6.58. The van der Waals surface area contributed by atoms with Crippen LogP contribution in [0.25, 0.3) is 0 Å². The molecule has 4 heteroatoms. The largest absolute Gasteiger partial charge is 0.497 e. The molecule has 2 unspecified atom stereocenters. The zero-order chi connectivity index (χ0) is 15.4. The first-order chi connectivity index (χ1) is 10.7. The predicted molar refractivity (Wildman–Crippen MR) is 87.0 cm³/mol. The van der Waals surface area contributed by atoms with Crippen molar-refractivity contribution in [2.24, 2.45) is 0 Å². The Balaban J connectivity index is 1.37. The van der Waals surface area contributed by atoms with Crippen LogP contribution in [-0.4, -0.2) is 31.1 Å². The number of carbonyl (C=O) groups is 1. The minimum atomic E-state index is 0.208. The third-order valence-corrected chi connectivity index (χ3v) is 4.87. The van der Waals surface area contributed by atoms with Crippen molar-refractivity contribution in [2.45, 2.75) is 63.1 Å². The molecule has 2 saturated heterocycles. The number of benzene rings is 1. The number of nitrogens with one attached hydrogen (secondary N) is 2. The molecule has 0 radical (unpaired) electrons. The molecule has 2 fully saturated rings. The fourth-order valence-electron chi connectivity index (χ4n) is 3.72. The summed E-state index contributed by atoms with van der Waals surface area (Å²) in [5, 5.41) is 6.83. The lowest BCUT2D eigenvalue weighted by atomic mass is 9.99. The highest BCUT2D eigenvalue weighted by atomic mass is 16.5. The van der Waals surface area contributed by atoms with E-state index in [1.165, 1.54) is 18.4 Å². The van der Waals surface area contributed by atoms with Crippen LogP contribution < -0.4 is 15.4 Å². The van der Waals surface area contributed by atoms with E-state index in [4.69, 9.17) is 4.74 Å². The Morgan fingerprint density at radius 3 is 2.55 bits per heavy atom. The van der Waals surface area contributed by atoms with E-state index in [-0.39, 0.29) is 5.91 Å². The number of fused-ring (bicyclic) bond motifs is 2. The zero-order valence-corrected chi connectivity index (χ0v) is 13.3. The van der Waals surface area contributed by atoms with Crippen LogP contribution in [0.1, 0.15) is 44.1 Å². The summed E-state index contributed by atoms with van der Waals surface area (Å²) in [4.78, 5) is 12.1. The van der Waals surface area contributed by atoms with Gasteiger partial charge in [-0.15, -0.1) is 0 Å². The minimum Gasteiger partial charge on any atom is -0.497 e. The molecule has 1 aromatic rings. The standard InChI is InChI=1S/C18H26N2O2/c1-22-17-9-5-13(6-10-17)3-2-4-18(21)20-16-11-14-7-8-15(12-16)19-14/h5-6,9-10,14-16,19H,2-4,7-8,11-12H2,1H3,(H,20,21). The lowest BCUT2D eigenvalue weighted by Crippen LogP contribution is -2.48. The van der Waals surface area contributed by atoms with E-state index in [1.807, 2.05) is 12.1 Å². The fourth-order valence-corrected chi connectivity index (χ4v) is 3.72. The van der Waals surface area contributed by atoms with Gasteiger partial charge in [0.1, 0.15) is 5.75 Å². The van der Waals surface area contributed by atoms with Crippen molar-refractivity contribution in [3.63, 3.8) is 0 Å². The molecule has 0 spiro atoms. The molecule has 4 nitrogen and oxygen atoms in total. The Labute approximate surface area is 132 Å². The van der Waals surface area contributed by atoms with Crippen LogP contribution in [0.5, 0.6) is 5.75 Å². The first-order valence-electron chi connectivity index (χ1n) is 8.41. The summed E-state index contributed by atoms with van der Waals surface area (Å²) in [6.45, 7) is 0. The molecule has 0 saturated carbocycles. The lowest BCUT2D eigenvalue weighted by molar-refractivity contribution is -0.122. The monoisotopic (exact) mass is 302 g/mol. The summed E-state index contributed by atoms with van der Waals surface area (Å²) in [7, 11) is 1.67. The molecular formula is C18H26N2O2. The molecule has 2 aliphatic heterocycles. The Morgan fingerprint density at radius 1 is 1.23 bits per heavy atom. The second kappa shape index (κ2) is 7.14. The van der Waals surface area contributed by atoms with Gasteiger partial charge in [0.25, 0.3) is 0 Å². The molecule has 2 aliphatic rings. The summed E-state index contributed by atoms with van der Waals surface area (Å²) in [6, 6.07) is 9.72. The normalized spacial score (nSPS) is 26.7. The number of aryl methyl sites for hydroxylation is 1. The molecule has 2 N–H and O–H groups in total. The summed E-state index contributed by atoms with van der Waals surface area (Å²) < 4.78 is 5.15. The average molecular weight is 302 g/mol. The SMILES string of the molecule is COc1ccc(CCCC(=O)NC2CC3CCC(C2)N3)cc1. The molecule has 0 aliphatic carbocycles. The van der Waals surface area contributed by atoms with E-state index in [2.05, 4.69) is 22.8 Å².